The number of alkyl halides is 1. The molecule has 2 aromatic heterocycles. The second kappa shape index (κ2) is 10.9. The van der Waals surface area contributed by atoms with Crippen LogP contribution in [0.2, 0.25) is 5.02 Å². The third-order valence-corrected chi connectivity index (χ3v) is 6.32. The number of amides is 2. The van der Waals surface area contributed by atoms with E-state index in [-0.39, 0.29) is 35.5 Å². The van der Waals surface area contributed by atoms with Crippen molar-refractivity contribution in [1.29, 1.82) is 0 Å². The van der Waals surface area contributed by atoms with E-state index in [0.29, 0.717) is 35.5 Å². The van der Waals surface area contributed by atoms with Gasteiger partial charge in [-0.1, -0.05) is 23.4 Å². The van der Waals surface area contributed by atoms with Crippen LogP contribution in [-0.2, 0) is 11.3 Å². The van der Waals surface area contributed by atoms with Crippen molar-refractivity contribution in [3.8, 4) is 11.8 Å². The first kappa shape index (κ1) is 25.3. The zero-order valence-corrected chi connectivity index (χ0v) is 20.5. The van der Waals surface area contributed by atoms with Crippen molar-refractivity contribution in [2.75, 3.05) is 18.4 Å². The molecule has 1 fully saturated rings. The van der Waals surface area contributed by atoms with Gasteiger partial charge >= 0.3 is 0 Å². The molecule has 1 saturated heterocycles. The average molecular weight is 512 g/mol. The summed E-state index contributed by atoms with van der Waals surface area (Å²) in [5.41, 5.74) is 2.08. The van der Waals surface area contributed by atoms with Crippen molar-refractivity contribution in [3.63, 3.8) is 0 Å². The Kier molecular flexibility index (Phi) is 7.65. The highest BCUT2D eigenvalue weighted by atomic mass is 35.5. The van der Waals surface area contributed by atoms with Gasteiger partial charge in [0.15, 0.2) is 0 Å². The van der Waals surface area contributed by atoms with Crippen LogP contribution in [0.3, 0.4) is 0 Å². The van der Waals surface area contributed by atoms with Crippen LogP contribution in [0.5, 0.6) is 0 Å². The molecule has 0 radical (unpaired) electrons. The molecular formula is C26H24ClF2N5O2. The zero-order valence-electron chi connectivity index (χ0n) is 19.8. The van der Waals surface area contributed by atoms with Crippen LogP contribution in [0, 0.1) is 30.5 Å². The molecule has 2 amide bonds. The van der Waals surface area contributed by atoms with E-state index in [0.717, 1.165) is 0 Å². The minimum atomic E-state index is -1.23. The minimum Gasteiger partial charge on any atom is -0.340 e. The van der Waals surface area contributed by atoms with Gasteiger partial charge in [-0.25, -0.2) is 13.8 Å². The molecule has 3 heterocycles. The first-order valence-electron chi connectivity index (χ1n) is 11.4. The molecule has 0 saturated carbocycles. The van der Waals surface area contributed by atoms with Crippen molar-refractivity contribution in [2.45, 2.75) is 33.0 Å². The second-order valence-corrected chi connectivity index (χ2v) is 9.06. The van der Waals surface area contributed by atoms with Crippen molar-refractivity contribution < 1.29 is 18.4 Å². The van der Waals surface area contributed by atoms with Gasteiger partial charge in [-0.2, -0.15) is 5.10 Å². The lowest BCUT2D eigenvalue weighted by molar-refractivity contribution is -0.131. The number of anilines is 1. The summed E-state index contributed by atoms with van der Waals surface area (Å²) in [6.45, 7) is 3.84. The Morgan fingerprint density at radius 2 is 1.92 bits per heavy atom. The maximum atomic E-state index is 14.7. The zero-order chi connectivity index (χ0) is 25.8. The van der Waals surface area contributed by atoms with Gasteiger partial charge in [0.25, 0.3) is 5.91 Å². The highest BCUT2D eigenvalue weighted by molar-refractivity contribution is 6.34. The maximum Gasteiger partial charge on any atom is 0.276 e. The fourth-order valence-electron chi connectivity index (χ4n) is 4.01. The van der Waals surface area contributed by atoms with Crippen LogP contribution in [0.1, 0.15) is 40.5 Å². The first-order valence-corrected chi connectivity index (χ1v) is 11.8. The van der Waals surface area contributed by atoms with Gasteiger partial charge in [0.1, 0.15) is 23.5 Å². The van der Waals surface area contributed by atoms with Gasteiger partial charge in [-0.15, -0.1) is 0 Å². The van der Waals surface area contributed by atoms with Crippen LogP contribution in [0.15, 0.2) is 42.7 Å². The fourth-order valence-corrected chi connectivity index (χ4v) is 4.24. The quantitative estimate of drug-likeness (QED) is 0.531. The van der Waals surface area contributed by atoms with Crippen LogP contribution >= 0.6 is 11.6 Å². The topological polar surface area (TPSA) is 80.1 Å². The Balaban J connectivity index is 1.45. The molecule has 4 rings (SSSR count). The number of rotatable bonds is 4. The van der Waals surface area contributed by atoms with Gasteiger partial charge in [0.05, 0.1) is 17.8 Å². The van der Waals surface area contributed by atoms with E-state index in [4.69, 9.17) is 11.6 Å². The number of carbonyl (C=O) groups is 2. The Hall–Kier alpha value is -3.77. The predicted octanol–water partition coefficient (Wildman–Crippen LogP) is 4.24. The molecule has 0 bridgehead atoms. The molecule has 0 aliphatic carbocycles. The molecule has 36 heavy (non-hydrogen) atoms. The summed E-state index contributed by atoms with van der Waals surface area (Å²) in [6, 6.07) is 7.62. The summed E-state index contributed by atoms with van der Waals surface area (Å²) in [4.78, 5) is 30.4. The lowest BCUT2D eigenvalue weighted by atomic mass is 9.95. The Morgan fingerprint density at radius 1 is 1.19 bits per heavy atom. The van der Waals surface area contributed by atoms with E-state index in [1.54, 1.807) is 25.1 Å². The summed E-state index contributed by atoms with van der Waals surface area (Å²) in [5, 5.41) is 7.05. The summed E-state index contributed by atoms with van der Waals surface area (Å²) >= 11 is 6.25. The molecule has 1 aromatic carbocycles. The van der Waals surface area contributed by atoms with E-state index in [2.05, 4.69) is 27.2 Å². The number of aromatic nitrogens is 3. The third kappa shape index (κ3) is 5.89. The summed E-state index contributed by atoms with van der Waals surface area (Å²) in [5.74, 6) is 4.82. The van der Waals surface area contributed by atoms with Gasteiger partial charge in [0, 0.05) is 43.3 Å². The first-order chi connectivity index (χ1) is 17.2. The predicted molar refractivity (Wildman–Crippen MR) is 132 cm³/mol. The van der Waals surface area contributed by atoms with Gasteiger partial charge in [-0.05, 0) is 49.2 Å². The smallest absolute Gasteiger partial charge is 0.276 e. The molecule has 1 N–H and O–H groups in total. The number of hydrogen-bond acceptors (Lipinski definition) is 4. The Labute approximate surface area is 212 Å². The normalized spacial score (nSPS) is 17.3. The van der Waals surface area contributed by atoms with Crippen molar-refractivity contribution in [1.82, 2.24) is 19.7 Å². The van der Waals surface area contributed by atoms with Crippen molar-refractivity contribution in [2.24, 2.45) is 5.92 Å². The third-order valence-electron chi connectivity index (χ3n) is 6.04. The number of pyridine rings is 1. The van der Waals surface area contributed by atoms with E-state index >= 15 is 0 Å². The molecule has 1 aliphatic rings. The van der Waals surface area contributed by atoms with Gasteiger partial charge in [0.2, 0.25) is 5.91 Å². The largest absolute Gasteiger partial charge is 0.340 e. The number of hydrogen-bond donors (Lipinski definition) is 1. The van der Waals surface area contributed by atoms with Crippen LogP contribution in [0.4, 0.5) is 14.6 Å². The van der Waals surface area contributed by atoms with Gasteiger partial charge in [-0.3, -0.25) is 14.3 Å². The molecule has 0 unspecified atom stereocenters. The highest BCUT2D eigenvalue weighted by Crippen LogP contribution is 2.25. The van der Waals surface area contributed by atoms with Crippen LogP contribution in [0.25, 0.3) is 0 Å². The number of aryl methyl sites for hydroxylation is 1. The van der Waals surface area contributed by atoms with Gasteiger partial charge < -0.3 is 10.2 Å². The number of likely N-dealkylation sites (tertiary alicyclic amines) is 1. The number of nitrogens with one attached hydrogen (secondary N) is 1. The Morgan fingerprint density at radius 3 is 2.58 bits per heavy atom. The monoisotopic (exact) mass is 511 g/mol. The van der Waals surface area contributed by atoms with Crippen LogP contribution < -0.4 is 5.32 Å². The molecular weight excluding hydrogens is 488 g/mol. The van der Waals surface area contributed by atoms with Crippen molar-refractivity contribution in [3.05, 3.63) is 75.9 Å². The highest BCUT2D eigenvalue weighted by Gasteiger charge is 2.32. The van der Waals surface area contributed by atoms with E-state index < -0.39 is 18.0 Å². The average Bonchev–Trinajstić information content (AvgIpc) is 3.21. The van der Waals surface area contributed by atoms with E-state index in [9.17, 15) is 18.4 Å². The van der Waals surface area contributed by atoms with Crippen molar-refractivity contribution >= 4 is 29.2 Å². The molecule has 3 aromatic rings. The molecule has 0 spiro atoms. The minimum absolute atomic E-state index is 0.0239. The summed E-state index contributed by atoms with van der Waals surface area (Å²) in [6.07, 6.45) is 2.10. The molecule has 186 valence electrons. The van der Waals surface area contributed by atoms with Crippen LogP contribution in [-0.4, -0.2) is 50.7 Å². The lowest BCUT2D eigenvalue weighted by Gasteiger charge is -2.34. The van der Waals surface area contributed by atoms with E-state index in [1.165, 1.54) is 41.0 Å². The number of halogens is 3. The number of nitrogens with zero attached hydrogens (tertiary/aromatic N) is 4. The standard InChI is InChI=1S/C26H24ClF2N5O2/c1-16-11-19(4-3-18-5-7-21(28)8-6-18)12-30-25(16)32-26(36)24-22(27)13-31-34(24)14-20-9-10-33(17(2)35)15-23(20)29/h5-8,11-13,20,23H,9-10,14-15H2,1-2H3,(H,30,32,36)/t20-,23+/m0/s1. The second-order valence-electron chi connectivity index (χ2n) is 8.65. The number of piperidine rings is 1. The van der Waals surface area contributed by atoms with E-state index in [1.807, 2.05) is 0 Å². The SMILES string of the molecule is CC(=O)N1CC[C@@H](Cn2ncc(Cl)c2C(=O)Nc2ncc(C#Cc3ccc(F)cc3)cc2C)[C@H](F)C1. The summed E-state index contributed by atoms with van der Waals surface area (Å²) in [7, 11) is 0. The molecule has 7 nitrogen and oxygen atoms in total. The fraction of sp³-hybridized carbons (Fsp3) is 0.308. The maximum absolute atomic E-state index is 14.7. The molecule has 10 heteroatoms. The number of benzene rings is 1. The molecule has 2 atom stereocenters. The summed E-state index contributed by atoms with van der Waals surface area (Å²) < 4.78 is 29.1. The number of carbonyl (C=O) groups excluding carboxylic acids is 2. The molecule has 1 aliphatic heterocycles. The lowest BCUT2D eigenvalue weighted by Crippen LogP contribution is -2.45. The Bertz CT molecular complexity index is 1350.